The van der Waals surface area contributed by atoms with E-state index in [1.807, 2.05) is 30.3 Å². The van der Waals surface area contributed by atoms with Crippen LogP contribution in [0.2, 0.25) is 0 Å². The summed E-state index contributed by atoms with van der Waals surface area (Å²) in [5.74, 6) is 1.81. The Bertz CT molecular complexity index is 322. The van der Waals surface area contributed by atoms with Crippen molar-refractivity contribution < 1.29 is 9.59 Å². The maximum absolute atomic E-state index is 10.6. The molecule has 1 rings (SSSR count). The molecule has 80 valence electrons. The van der Waals surface area contributed by atoms with Gasteiger partial charge < -0.3 is 4.79 Å². The number of hydrogen-bond acceptors (Lipinski definition) is 2. The molecule has 0 aliphatic heterocycles. The second-order valence-electron chi connectivity index (χ2n) is 3.09. The van der Waals surface area contributed by atoms with Crippen LogP contribution in [-0.4, -0.2) is 11.7 Å². The van der Waals surface area contributed by atoms with Crippen molar-refractivity contribution >= 4 is 11.7 Å². The third-order valence-corrected chi connectivity index (χ3v) is 1.73. The average Bonchev–Trinajstić information content (AvgIpc) is 2.28. The zero-order chi connectivity index (χ0) is 11.5. The molecular formula is C13H16O2. The molecule has 2 nitrogen and oxygen atoms in total. The van der Waals surface area contributed by atoms with Crippen LogP contribution in [0.1, 0.15) is 25.8 Å². The number of benzene rings is 1. The van der Waals surface area contributed by atoms with Crippen molar-refractivity contribution in [2.75, 3.05) is 0 Å². The highest BCUT2D eigenvalue weighted by Crippen LogP contribution is 2.01. The summed E-state index contributed by atoms with van der Waals surface area (Å²) >= 11 is 0. The van der Waals surface area contributed by atoms with Gasteiger partial charge in [0.25, 0.3) is 0 Å². The molecule has 0 saturated carbocycles. The van der Waals surface area contributed by atoms with Crippen molar-refractivity contribution in [1.82, 2.24) is 0 Å². The standard InChI is InChI=1S/C10H12O.C3H4O/c1-9(11)7-8-10-5-3-2-4-6-10;1-2-3-4/h2-6H,7-8H2,1H3;2H,1H3. The summed E-state index contributed by atoms with van der Waals surface area (Å²) in [5, 5.41) is 0. The first-order valence-electron chi connectivity index (χ1n) is 4.89. The Balaban J connectivity index is 0.000000423. The van der Waals surface area contributed by atoms with Gasteiger partial charge in [0.15, 0.2) is 0 Å². The van der Waals surface area contributed by atoms with Crippen molar-refractivity contribution in [3.05, 3.63) is 42.0 Å². The first-order chi connectivity index (χ1) is 7.20. The van der Waals surface area contributed by atoms with Crippen molar-refractivity contribution in [2.45, 2.75) is 26.7 Å². The van der Waals surface area contributed by atoms with Gasteiger partial charge in [-0.25, -0.2) is 4.79 Å². The lowest BCUT2D eigenvalue weighted by molar-refractivity contribution is -0.116. The van der Waals surface area contributed by atoms with E-state index < -0.39 is 0 Å². The van der Waals surface area contributed by atoms with Crippen molar-refractivity contribution in [2.24, 2.45) is 0 Å². The van der Waals surface area contributed by atoms with Gasteiger partial charge in [-0.1, -0.05) is 30.3 Å². The third-order valence-electron chi connectivity index (χ3n) is 1.73. The van der Waals surface area contributed by atoms with Crippen LogP contribution in [0.25, 0.3) is 0 Å². The predicted octanol–water partition coefficient (Wildman–Crippen LogP) is 2.60. The molecule has 0 heterocycles. The van der Waals surface area contributed by atoms with Crippen LogP contribution in [0.5, 0.6) is 0 Å². The smallest absolute Gasteiger partial charge is 0.130 e. The minimum atomic E-state index is 0.258. The fourth-order valence-electron chi connectivity index (χ4n) is 0.965. The molecule has 2 heteroatoms. The molecule has 0 unspecified atom stereocenters. The number of allylic oxidation sites excluding steroid dienone is 1. The Morgan fingerprint density at radius 1 is 1.33 bits per heavy atom. The summed E-state index contributed by atoms with van der Waals surface area (Å²) in [5.41, 5.74) is 1.24. The highest BCUT2D eigenvalue weighted by Gasteiger charge is 1.94. The first-order valence-corrected chi connectivity index (χ1v) is 4.89. The molecule has 0 atom stereocenters. The van der Waals surface area contributed by atoms with Gasteiger partial charge in [-0.3, -0.25) is 0 Å². The van der Waals surface area contributed by atoms with Gasteiger partial charge in [0.1, 0.15) is 11.7 Å². The van der Waals surface area contributed by atoms with Gasteiger partial charge in [0.2, 0.25) is 0 Å². The van der Waals surface area contributed by atoms with Crippen LogP contribution >= 0.6 is 0 Å². The second kappa shape index (κ2) is 8.92. The Labute approximate surface area is 90.6 Å². The highest BCUT2D eigenvalue weighted by atomic mass is 16.1. The molecule has 0 aromatic heterocycles. The summed E-state index contributed by atoms with van der Waals surface area (Å²) in [4.78, 5) is 19.6. The number of ketones is 1. The van der Waals surface area contributed by atoms with E-state index in [-0.39, 0.29) is 5.78 Å². The number of aryl methyl sites for hydroxylation is 1. The number of hydrogen-bond donors (Lipinski definition) is 0. The summed E-state index contributed by atoms with van der Waals surface area (Å²) in [7, 11) is 0. The maximum atomic E-state index is 10.6. The summed E-state index contributed by atoms with van der Waals surface area (Å²) in [6.07, 6.45) is 2.85. The largest absolute Gasteiger partial charge is 0.300 e. The van der Waals surface area contributed by atoms with Gasteiger partial charge in [-0.05, 0) is 31.9 Å². The molecule has 0 aliphatic rings. The molecule has 0 N–H and O–H groups in total. The number of carbonyl (C=O) groups is 1. The predicted molar refractivity (Wildman–Crippen MR) is 61.4 cm³/mol. The molecule has 0 radical (unpaired) electrons. The zero-order valence-electron chi connectivity index (χ0n) is 9.19. The van der Waals surface area contributed by atoms with Crippen LogP contribution in [-0.2, 0) is 16.0 Å². The van der Waals surface area contributed by atoms with Crippen LogP contribution in [0.3, 0.4) is 0 Å². The monoisotopic (exact) mass is 204 g/mol. The van der Waals surface area contributed by atoms with Crippen molar-refractivity contribution in [3.63, 3.8) is 0 Å². The van der Waals surface area contributed by atoms with E-state index in [1.54, 1.807) is 19.8 Å². The molecule has 0 spiro atoms. The third kappa shape index (κ3) is 8.66. The van der Waals surface area contributed by atoms with E-state index in [9.17, 15) is 4.79 Å². The lowest BCUT2D eigenvalue weighted by Crippen LogP contribution is -1.92. The summed E-state index contributed by atoms with van der Waals surface area (Å²) < 4.78 is 0. The molecule has 0 saturated heterocycles. The number of rotatable bonds is 3. The Hall–Kier alpha value is -1.66. The number of Topliss-reactive ketones (excluding diaryl/α,β-unsaturated/α-hetero) is 1. The fourth-order valence-corrected chi connectivity index (χ4v) is 0.965. The summed E-state index contributed by atoms with van der Waals surface area (Å²) in [6, 6.07) is 10.1. The fraction of sp³-hybridized carbons (Fsp3) is 0.308. The molecular weight excluding hydrogens is 188 g/mol. The van der Waals surface area contributed by atoms with Gasteiger partial charge >= 0.3 is 0 Å². The van der Waals surface area contributed by atoms with Crippen molar-refractivity contribution in [1.29, 1.82) is 0 Å². The average molecular weight is 204 g/mol. The summed E-state index contributed by atoms with van der Waals surface area (Å²) in [6.45, 7) is 3.26. The van der Waals surface area contributed by atoms with Gasteiger partial charge in [0.05, 0.1) is 0 Å². The van der Waals surface area contributed by atoms with Gasteiger partial charge in [0, 0.05) is 6.42 Å². The molecule has 15 heavy (non-hydrogen) atoms. The minimum Gasteiger partial charge on any atom is -0.300 e. The van der Waals surface area contributed by atoms with Crippen molar-refractivity contribution in [3.8, 4) is 0 Å². The molecule has 0 bridgehead atoms. The SMILES string of the molecule is CC(=O)CCc1ccccc1.CC=C=O. The Kier molecular flexibility index (Phi) is 7.93. The zero-order valence-corrected chi connectivity index (χ0v) is 9.19. The molecule has 1 aromatic carbocycles. The normalized spacial score (nSPS) is 8.13. The quantitative estimate of drug-likeness (QED) is 0.709. The maximum Gasteiger partial charge on any atom is 0.130 e. The van der Waals surface area contributed by atoms with E-state index in [0.29, 0.717) is 6.42 Å². The van der Waals surface area contributed by atoms with Crippen LogP contribution in [0.4, 0.5) is 0 Å². The lowest BCUT2D eigenvalue weighted by atomic mass is 10.1. The van der Waals surface area contributed by atoms with Crippen LogP contribution < -0.4 is 0 Å². The molecule has 0 aliphatic carbocycles. The minimum absolute atomic E-state index is 0.258. The highest BCUT2D eigenvalue weighted by molar-refractivity contribution is 5.75. The van der Waals surface area contributed by atoms with Crippen LogP contribution in [0.15, 0.2) is 36.4 Å². The Morgan fingerprint density at radius 2 is 1.87 bits per heavy atom. The Morgan fingerprint density at radius 3 is 2.27 bits per heavy atom. The molecule has 0 fully saturated rings. The van der Waals surface area contributed by atoms with E-state index in [4.69, 9.17) is 4.79 Å². The van der Waals surface area contributed by atoms with Gasteiger partial charge in [-0.2, -0.15) is 0 Å². The topological polar surface area (TPSA) is 34.1 Å². The van der Waals surface area contributed by atoms with Gasteiger partial charge in [-0.15, -0.1) is 0 Å². The molecule has 1 aromatic rings. The second-order valence-corrected chi connectivity index (χ2v) is 3.09. The van der Waals surface area contributed by atoms with Crippen LogP contribution in [0, 0.1) is 0 Å². The van der Waals surface area contributed by atoms with E-state index >= 15 is 0 Å². The van der Waals surface area contributed by atoms with E-state index in [1.165, 1.54) is 11.6 Å². The molecule has 0 amide bonds. The van der Waals surface area contributed by atoms with E-state index in [2.05, 4.69) is 0 Å². The number of carbonyl (C=O) groups excluding carboxylic acids is 2. The van der Waals surface area contributed by atoms with E-state index in [0.717, 1.165) is 6.42 Å². The first kappa shape index (κ1) is 13.3. The lowest BCUT2D eigenvalue weighted by Gasteiger charge is -1.96.